The van der Waals surface area contributed by atoms with E-state index in [-0.39, 0.29) is 0 Å². The lowest BCUT2D eigenvalue weighted by molar-refractivity contribution is 0.482. The van der Waals surface area contributed by atoms with Crippen molar-refractivity contribution in [1.29, 1.82) is 0 Å². The first-order valence-corrected chi connectivity index (χ1v) is 31.5. The molecule has 1 aliphatic rings. The Morgan fingerprint density at radius 3 is 1.51 bits per heavy atom. The van der Waals surface area contributed by atoms with Crippen molar-refractivity contribution in [3.63, 3.8) is 0 Å². The molecule has 13 rings (SSSR count). The minimum atomic E-state index is -0.569. The Balaban J connectivity index is 0.861. The first-order valence-electron chi connectivity index (χ1n) is 31.5. The van der Waals surface area contributed by atoms with E-state index in [0.29, 0.717) is 0 Å². The number of fused-ring (bicyclic) bond motifs is 4. The van der Waals surface area contributed by atoms with Crippen molar-refractivity contribution in [3.8, 4) is 50.6 Å². The van der Waals surface area contributed by atoms with E-state index >= 15 is 0 Å². The van der Waals surface area contributed by atoms with Gasteiger partial charge in [-0.2, -0.15) is 0 Å². The highest BCUT2D eigenvalue weighted by atomic mass is 16.5. The number of aromatic nitrogens is 1. The fourth-order valence-corrected chi connectivity index (χ4v) is 13.4. The lowest BCUT2D eigenvalue weighted by Crippen LogP contribution is -2.28. The number of hydrogen-bond acceptors (Lipinski definition) is 2. The van der Waals surface area contributed by atoms with E-state index < -0.39 is 5.41 Å². The Labute approximate surface area is 525 Å². The molecule has 1 aromatic heterocycles. The van der Waals surface area contributed by atoms with Crippen LogP contribution in [0.1, 0.15) is 91.3 Å². The molecule has 0 amide bonds. The Hall–Kier alpha value is -10.5. The van der Waals surface area contributed by atoms with Crippen LogP contribution in [-0.4, -0.2) is 4.57 Å². The van der Waals surface area contributed by atoms with Gasteiger partial charge in [-0.1, -0.05) is 259 Å². The first-order chi connectivity index (χ1) is 43.8. The summed E-state index contributed by atoms with van der Waals surface area (Å²) < 4.78 is 8.78. The third kappa shape index (κ3) is 11.6. The van der Waals surface area contributed by atoms with Gasteiger partial charge >= 0.3 is 0 Å². The molecule has 1 atom stereocenters. The summed E-state index contributed by atoms with van der Waals surface area (Å²) in [5, 5.41) is 2.41. The molecule has 1 unspecified atom stereocenters. The molecule has 0 saturated carbocycles. The van der Waals surface area contributed by atoms with Crippen molar-refractivity contribution in [2.75, 3.05) is 4.90 Å². The average Bonchev–Trinajstić information content (AvgIpc) is 1.59. The predicted molar refractivity (Wildman–Crippen MR) is 380 cm³/mol. The van der Waals surface area contributed by atoms with Gasteiger partial charge in [-0.25, -0.2) is 0 Å². The summed E-state index contributed by atoms with van der Waals surface area (Å²) in [5.74, 6) is 1.56. The first kappa shape index (κ1) is 57.6. The van der Waals surface area contributed by atoms with Crippen LogP contribution in [0.4, 0.5) is 11.4 Å². The fraction of sp³-hybridized carbons (Fsp3) is 0.116. The van der Waals surface area contributed by atoms with Crippen LogP contribution in [-0.2, 0) is 11.8 Å². The van der Waals surface area contributed by atoms with Gasteiger partial charge in [0.2, 0.25) is 0 Å². The maximum absolute atomic E-state index is 6.39. The molecule has 0 N–H and O–H groups in total. The van der Waals surface area contributed by atoms with Gasteiger partial charge in [0.15, 0.2) is 0 Å². The van der Waals surface area contributed by atoms with Crippen LogP contribution < -0.4 is 9.64 Å². The number of aryl methyl sites for hydroxylation is 1. The Morgan fingerprint density at radius 1 is 0.472 bits per heavy atom. The van der Waals surface area contributed by atoms with Gasteiger partial charge in [-0.05, 0) is 194 Å². The maximum atomic E-state index is 6.39. The van der Waals surface area contributed by atoms with Crippen molar-refractivity contribution >= 4 is 50.9 Å². The molecule has 0 spiro atoms. The zero-order chi connectivity index (χ0) is 60.7. The van der Waals surface area contributed by atoms with Crippen LogP contribution in [0.3, 0.4) is 0 Å². The van der Waals surface area contributed by atoms with Gasteiger partial charge < -0.3 is 14.2 Å². The molecular weight excluding hydrogens is 1080 g/mol. The topological polar surface area (TPSA) is 17.4 Å². The third-order valence-electron chi connectivity index (χ3n) is 18.1. The fourth-order valence-electron chi connectivity index (χ4n) is 13.4. The van der Waals surface area contributed by atoms with Crippen LogP contribution >= 0.6 is 0 Å². The zero-order valence-electron chi connectivity index (χ0n) is 51.1. The normalized spacial score (nSPS) is 13.7. The third-order valence-corrected chi connectivity index (χ3v) is 18.1. The number of anilines is 2. The second-order valence-electron chi connectivity index (χ2n) is 23.5. The molecule has 434 valence electrons. The van der Waals surface area contributed by atoms with Gasteiger partial charge in [0.1, 0.15) is 11.5 Å². The molecule has 89 heavy (non-hydrogen) atoms. The number of unbranched alkanes of at least 4 members (excludes halogenated alkanes) is 5. The van der Waals surface area contributed by atoms with E-state index in [0.717, 1.165) is 68.4 Å². The summed E-state index contributed by atoms with van der Waals surface area (Å²) in [4.78, 5) is 2.29. The maximum Gasteiger partial charge on any atom is 0.127 e. The van der Waals surface area contributed by atoms with E-state index in [1.165, 1.54) is 116 Å². The minimum Gasteiger partial charge on any atom is -0.457 e. The lowest BCUT2D eigenvalue weighted by atomic mass is 9.67. The monoisotopic (exact) mass is 1150 g/mol. The molecule has 0 radical (unpaired) electrons. The van der Waals surface area contributed by atoms with Crippen LogP contribution in [0.5, 0.6) is 11.5 Å². The summed E-state index contributed by atoms with van der Waals surface area (Å²) >= 11 is 0. The van der Waals surface area contributed by atoms with Gasteiger partial charge in [0, 0.05) is 33.5 Å². The molecule has 1 heterocycles. The average molecular weight is 1150 g/mol. The molecule has 0 bridgehead atoms. The molecule has 11 aromatic carbocycles. The quantitative estimate of drug-likeness (QED) is 0.0497. The second kappa shape index (κ2) is 25.8. The van der Waals surface area contributed by atoms with Gasteiger partial charge in [0.05, 0.1) is 16.4 Å². The Bertz CT molecular complexity index is 4550. The van der Waals surface area contributed by atoms with Crippen LogP contribution in [0.25, 0.3) is 78.6 Å². The molecule has 3 nitrogen and oxygen atoms in total. The van der Waals surface area contributed by atoms with Crippen LogP contribution in [0.15, 0.2) is 310 Å². The van der Waals surface area contributed by atoms with E-state index in [1.807, 2.05) is 36.4 Å². The van der Waals surface area contributed by atoms with Crippen molar-refractivity contribution in [1.82, 2.24) is 4.57 Å². The molecule has 1 aliphatic carbocycles. The highest BCUT2D eigenvalue weighted by Crippen LogP contribution is 2.55. The van der Waals surface area contributed by atoms with E-state index in [4.69, 9.17) is 11.3 Å². The number of allylic oxidation sites excluding steroid dienone is 4. The van der Waals surface area contributed by atoms with Crippen molar-refractivity contribution in [2.45, 2.75) is 64.2 Å². The highest BCUT2D eigenvalue weighted by Gasteiger charge is 2.45. The smallest absolute Gasteiger partial charge is 0.127 e. The molecular formula is C86H74N2O. The predicted octanol–water partition coefficient (Wildman–Crippen LogP) is 23.8. The SMILES string of the molecule is C=Cc1ccc(Oc2ccc(C3(c4ccccc4)C(C)=C(/C=C\C(=C)N(c4ccc(-c5ccc(CCCCCCCC)cc5)cc4)c4ccc(-c5ccc6c(c5)c5cc(-c7ccc(C=C)cc7)ccc5n6-c5ccccc5)cc4)c4ccccc43)cc2)cc1. The summed E-state index contributed by atoms with van der Waals surface area (Å²) in [6, 6.07) is 96.8. The highest BCUT2D eigenvalue weighted by molar-refractivity contribution is 6.11. The Morgan fingerprint density at radius 2 is 0.933 bits per heavy atom. The standard InChI is InChI=1S/C86H74N2O/c1-6-9-10-11-12-15-22-65-32-38-66(39-33-65)67-40-48-75(49-41-67)87(76-50-42-69(43-51-76)71-45-58-85-82(60-71)81-59-70(68-36-30-63(7-2)31-37-68)44-57-84(81)88(85)74-25-18-14-19-26-74)61(4)29-56-79-62(5)86(72-23-16-13-17-24-72,83-28-21-20-27-80(79)83)73-46-54-78(55-47-73)89-77-52-34-64(8-3)35-53-77/h7-8,13-14,16-21,23-60H,2-4,6,9-12,15,22H2,1,5H3/b56-29-. The van der Waals surface area contributed by atoms with Gasteiger partial charge in [-0.3, -0.25) is 0 Å². The van der Waals surface area contributed by atoms with E-state index in [9.17, 15) is 0 Å². The summed E-state index contributed by atoms with van der Waals surface area (Å²) in [7, 11) is 0. The molecule has 0 aliphatic heterocycles. The molecule has 0 fully saturated rings. The molecule has 12 aromatic rings. The zero-order valence-corrected chi connectivity index (χ0v) is 51.1. The minimum absolute atomic E-state index is 0.569. The number of ether oxygens (including phenoxy) is 1. The van der Waals surface area contributed by atoms with Crippen LogP contribution in [0, 0.1) is 0 Å². The largest absolute Gasteiger partial charge is 0.457 e. The van der Waals surface area contributed by atoms with E-state index in [1.54, 1.807) is 0 Å². The number of nitrogens with zero attached hydrogens (tertiary/aromatic N) is 2. The molecule has 3 heteroatoms. The number of para-hydroxylation sites is 1. The number of rotatable bonds is 22. The van der Waals surface area contributed by atoms with Gasteiger partial charge in [-0.15, -0.1) is 0 Å². The van der Waals surface area contributed by atoms with Crippen LogP contribution in [0.2, 0.25) is 0 Å². The van der Waals surface area contributed by atoms with Crippen molar-refractivity contribution < 1.29 is 4.74 Å². The van der Waals surface area contributed by atoms with Crippen molar-refractivity contribution in [2.24, 2.45) is 0 Å². The lowest BCUT2D eigenvalue weighted by Gasteiger charge is -2.34. The number of hydrogen-bond donors (Lipinski definition) is 0. The molecule has 0 saturated heterocycles. The number of benzene rings is 11. The summed E-state index contributed by atoms with van der Waals surface area (Å²) in [6.07, 6.45) is 17.2. The second-order valence-corrected chi connectivity index (χ2v) is 23.5. The Kier molecular flexibility index (Phi) is 16.7. The summed E-state index contributed by atoms with van der Waals surface area (Å²) in [6.45, 7) is 17.4. The van der Waals surface area contributed by atoms with E-state index in [2.05, 4.69) is 291 Å². The van der Waals surface area contributed by atoms with Crippen molar-refractivity contribution in [3.05, 3.63) is 349 Å². The van der Waals surface area contributed by atoms with Gasteiger partial charge in [0.25, 0.3) is 0 Å². The summed E-state index contributed by atoms with van der Waals surface area (Å²) in [5.41, 5.74) is 23.6.